The molecule has 0 aromatic heterocycles. The lowest BCUT2D eigenvalue weighted by Gasteiger charge is -1.99. The van der Waals surface area contributed by atoms with Gasteiger partial charge in [-0.05, 0) is 48.9 Å². The highest BCUT2D eigenvalue weighted by molar-refractivity contribution is 6.07. The summed E-state index contributed by atoms with van der Waals surface area (Å²) in [5.41, 5.74) is 2.65. The van der Waals surface area contributed by atoms with E-state index in [-0.39, 0.29) is 5.78 Å². The summed E-state index contributed by atoms with van der Waals surface area (Å²) in [4.78, 5) is 11.7. The molecule has 0 saturated heterocycles. The average molecular weight is 250 g/mol. The number of hydrogen-bond acceptors (Lipinski definition) is 3. The van der Waals surface area contributed by atoms with Crippen LogP contribution in [0.2, 0.25) is 0 Å². The molecule has 0 spiro atoms. The third-order valence-corrected chi connectivity index (χ3v) is 2.55. The van der Waals surface area contributed by atoms with E-state index in [2.05, 4.69) is 16.8 Å². The van der Waals surface area contributed by atoms with E-state index >= 15 is 0 Å². The molecule has 2 aromatic rings. The van der Waals surface area contributed by atoms with Gasteiger partial charge in [-0.2, -0.15) is 10.2 Å². The number of rotatable bonds is 4. The van der Waals surface area contributed by atoms with Gasteiger partial charge in [-0.15, -0.1) is 0 Å². The van der Waals surface area contributed by atoms with Gasteiger partial charge in [-0.1, -0.05) is 24.8 Å². The standard InChI is InChI=1S/C16H14N2O/c1-12(2)16(19)13-8-10-15(11-9-13)18-17-14-6-4-3-5-7-14/h3-11H,1H2,2H3. The van der Waals surface area contributed by atoms with Crippen molar-refractivity contribution in [2.24, 2.45) is 10.2 Å². The molecule has 3 nitrogen and oxygen atoms in total. The monoisotopic (exact) mass is 250 g/mol. The van der Waals surface area contributed by atoms with E-state index in [9.17, 15) is 4.79 Å². The van der Waals surface area contributed by atoms with Crippen LogP contribution < -0.4 is 0 Å². The Bertz CT molecular complexity index is 613. The number of azo groups is 1. The van der Waals surface area contributed by atoms with E-state index in [1.807, 2.05) is 30.3 Å². The summed E-state index contributed by atoms with van der Waals surface area (Å²) < 4.78 is 0. The average Bonchev–Trinajstić information content (AvgIpc) is 2.46. The molecule has 0 fully saturated rings. The quantitative estimate of drug-likeness (QED) is 0.434. The van der Waals surface area contributed by atoms with Crippen molar-refractivity contribution in [3.8, 4) is 0 Å². The topological polar surface area (TPSA) is 41.8 Å². The Morgan fingerprint density at radius 1 is 0.895 bits per heavy atom. The number of hydrogen-bond donors (Lipinski definition) is 0. The fourth-order valence-corrected chi connectivity index (χ4v) is 1.54. The van der Waals surface area contributed by atoms with Gasteiger partial charge in [0.2, 0.25) is 0 Å². The Hall–Kier alpha value is -2.55. The van der Waals surface area contributed by atoms with Crippen molar-refractivity contribution in [1.82, 2.24) is 0 Å². The molecule has 0 heterocycles. The molecule has 2 aromatic carbocycles. The molecule has 2 rings (SSSR count). The van der Waals surface area contributed by atoms with Crippen molar-refractivity contribution in [3.05, 3.63) is 72.3 Å². The highest BCUT2D eigenvalue weighted by Gasteiger charge is 2.05. The van der Waals surface area contributed by atoms with E-state index in [4.69, 9.17) is 0 Å². The highest BCUT2D eigenvalue weighted by atomic mass is 16.1. The molecule has 3 heteroatoms. The highest BCUT2D eigenvalue weighted by Crippen LogP contribution is 2.19. The number of benzene rings is 2. The Morgan fingerprint density at radius 3 is 1.95 bits per heavy atom. The molecule has 19 heavy (non-hydrogen) atoms. The molecule has 0 aliphatic carbocycles. The first-order chi connectivity index (χ1) is 9.16. The molecule has 0 amide bonds. The zero-order chi connectivity index (χ0) is 13.7. The van der Waals surface area contributed by atoms with Gasteiger partial charge in [-0.25, -0.2) is 0 Å². The molecule has 0 unspecified atom stereocenters. The number of carbonyl (C=O) groups excluding carboxylic acids is 1. The Morgan fingerprint density at radius 2 is 1.42 bits per heavy atom. The summed E-state index contributed by atoms with van der Waals surface area (Å²) >= 11 is 0. The van der Waals surface area contributed by atoms with Crippen molar-refractivity contribution >= 4 is 17.2 Å². The molecule has 0 aliphatic heterocycles. The minimum Gasteiger partial charge on any atom is -0.289 e. The number of nitrogens with zero attached hydrogens (tertiary/aromatic N) is 2. The zero-order valence-corrected chi connectivity index (χ0v) is 10.7. The second-order valence-corrected chi connectivity index (χ2v) is 4.19. The van der Waals surface area contributed by atoms with Crippen LogP contribution in [0, 0.1) is 0 Å². The fraction of sp³-hybridized carbons (Fsp3) is 0.0625. The maximum Gasteiger partial charge on any atom is 0.188 e. The first kappa shape index (κ1) is 12.9. The summed E-state index contributed by atoms with van der Waals surface area (Å²) in [7, 11) is 0. The molecule has 0 saturated carbocycles. The molecular formula is C16H14N2O. The van der Waals surface area contributed by atoms with E-state index in [1.54, 1.807) is 31.2 Å². The van der Waals surface area contributed by atoms with Gasteiger partial charge in [0.1, 0.15) is 0 Å². The lowest BCUT2D eigenvalue weighted by Crippen LogP contribution is -1.98. The lowest BCUT2D eigenvalue weighted by atomic mass is 10.1. The SMILES string of the molecule is C=C(C)C(=O)c1ccc(N=Nc2ccccc2)cc1. The Balaban J connectivity index is 2.13. The second-order valence-electron chi connectivity index (χ2n) is 4.19. The zero-order valence-electron chi connectivity index (χ0n) is 10.7. The molecule has 0 aliphatic rings. The van der Waals surface area contributed by atoms with Gasteiger partial charge in [-0.3, -0.25) is 4.79 Å². The molecule has 0 N–H and O–H groups in total. The van der Waals surface area contributed by atoms with E-state index < -0.39 is 0 Å². The fourth-order valence-electron chi connectivity index (χ4n) is 1.54. The minimum absolute atomic E-state index is 0.0495. The Labute approximate surface area is 112 Å². The summed E-state index contributed by atoms with van der Waals surface area (Å²) in [6.07, 6.45) is 0. The molecular weight excluding hydrogens is 236 g/mol. The van der Waals surface area contributed by atoms with Crippen molar-refractivity contribution in [3.63, 3.8) is 0 Å². The van der Waals surface area contributed by atoms with Crippen LogP contribution >= 0.6 is 0 Å². The number of carbonyl (C=O) groups is 1. The molecule has 0 atom stereocenters. The van der Waals surface area contributed by atoms with Crippen LogP contribution in [0.3, 0.4) is 0 Å². The number of Topliss-reactive ketones (excluding diaryl/α,β-unsaturated/α-hetero) is 1. The van der Waals surface area contributed by atoms with Gasteiger partial charge < -0.3 is 0 Å². The van der Waals surface area contributed by atoms with E-state index in [0.29, 0.717) is 16.8 Å². The van der Waals surface area contributed by atoms with Gasteiger partial charge in [0, 0.05) is 5.56 Å². The van der Waals surface area contributed by atoms with Crippen LogP contribution in [0.1, 0.15) is 17.3 Å². The van der Waals surface area contributed by atoms with Crippen LogP contribution in [-0.4, -0.2) is 5.78 Å². The van der Waals surface area contributed by atoms with Gasteiger partial charge in [0.05, 0.1) is 11.4 Å². The van der Waals surface area contributed by atoms with Gasteiger partial charge in [0.15, 0.2) is 5.78 Å². The van der Waals surface area contributed by atoms with Crippen molar-refractivity contribution in [1.29, 1.82) is 0 Å². The van der Waals surface area contributed by atoms with Crippen molar-refractivity contribution < 1.29 is 4.79 Å². The smallest absolute Gasteiger partial charge is 0.188 e. The third kappa shape index (κ3) is 3.45. The summed E-state index contributed by atoms with van der Waals surface area (Å²) in [6, 6.07) is 16.5. The van der Waals surface area contributed by atoms with Crippen molar-refractivity contribution in [2.45, 2.75) is 6.92 Å². The third-order valence-electron chi connectivity index (χ3n) is 2.55. The second kappa shape index (κ2) is 5.87. The number of allylic oxidation sites excluding steroid dienone is 1. The molecule has 94 valence electrons. The summed E-state index contributed by atoms with van der Waals surface area (Å²) in [5, 5.41) is 8.22. The maximum atomic E-state index is 11.7. The summed E-state index contributed by atoms with van der Waals surface area (Å²) in [6.45, 7) is 5.34. The minimum atomic E-state index is -0.0495. The Kier molecular flexibility index (Phi) is 3.98. The summed E-state index contributed by atoms with van der Waals surface area (Å²) in [5.74, 6) is -0.0495. The largest absolute Gasteiger partial charge is 0.289 e. The van der Waals surface area contributed by atoms with Gasteiger partial charge in [0.25, 0.3) is 0 Å². The van der Waals surface area contributed by atoms with Crippen LogP contribution in [0.15, 0.2) is 77.0 Å². The molecule has 0 radical (unpaired) electrons. The van der Waals surface area contributed by atoms with E-state index in [0.717, 1.165) is 5.69 Å². The first-order valence-corrected chi connectivity index (χ1v) is 5.94. The number of ketones is 1. The van der Waals surface area contributed by atoms with Crippen LogP contribution in [0.4, 0.5) is 11.4 Å². The maximum absolute atomic E-state index is 11.7. The lowest BCUT2D eigenvalue weighted by molar-refractivity contribution is 0.103. The predicted molar refractivity (Wildman–Crippen MR) is 76.2 cm³/mol. The van der Waals surface area contributed by atoms with Crippen LogP contribution in [0.5, 0.6) is 0 Å². The van der Waals surface area contributed by atoms with Gasteiger partial charge >= 0.3 is 0 Å². The molecule has 0 bridgehead atoms. The van der Waals surface area contributed by atoms with Crippen molar-refractivity contribution in [2.75, 3.05) is 0 Å². The van der Waals surface area contributed by atoms with E-state index in [1.165, 1.54) is 0 Å². The predicted octanol–water partition coefficient (Wildman–Crippen LogP) is 4.86. The first-order valence-electron chi connectivity index (χ1n) is 5.94. The van der Waals surface area contributed by atoms with Crippen LogP contribution in [0.25, 0.3) is 0 Å². The van der Waals surface area contributed by atoms with Crippen LogP contribution in [-0.2, 0) is 0 Å². The normalized spacial score (nSPS) is 10.6.